The lowest BCUT2D eigenvalue weighted by Crippen LogP contribution is -2.41. The van der Waals surface area contributed by atoms with Crippen LogP contribution in [0.1, 0.15) is 30.1 Å². The number of nitrogens with one attached hydrogen (secondary N) is 2. The van der Waals surface area contributed by atoms with Crippen LogP contribution in [0.15, 0.2) is 23.2 Å². The van der Waals surface area contributed by atoms with E-state index in [-0.39, 0.29) is 18.2 Å². The SMILES string of the molecule is Cc1nnc(CNC(=NCc2cc(F)ccc2F)NCC2CCCO2)n1C. The van der Waals surface area contributed by atoms with Gasteiger partial charge >= 0.3 is 0 Å². The van der Waals surface area contributed by atoms with E-state index in [0.717, 1.165) is 49.3 Å². The molecule has 1 unspecified atom stereocenters. The molecule has 0 bridgehead atoms. The Morgan fingerprint density at radius 3 is 2.89 bits per heavy atom. The molecule has 1 aliphatic heterocycles. The molecule has 0 saturated carbocycles. The van der Waals surface area contributed by atoms with Crippen molar-refractivity contribution in [3.05, 3.63) is 47.0 Å². The highest BCUT2D eigenvalue weighted by molar-refractivity contribution is 5.79. The zero-order valence-electron chi connectivity index (χ0n) is 15.5. The molecular formula is C18H24F2N6O. The standard InChI is InChI=1S/C18H24F2N6O/c1-12-24-25-17(26(12)2)11-23-18(22-10-15-4-3-7-27-15)21-9-13-8-14(19)5-6-16(13)20/h5-6,8,15H,3-4,7,9-11H2,1-2H3,(H2,21,22,23). The first-order chi connectivity index (χ1) is 13.0. The molecule has 2 N–H and O–H groups in total. The van der Waals surface area contributed by atoms with Gasteiger partial charge in [0.2, 0.25) is 0 Å². The molecular weight excluding hydrogens is 354 g/mol. The first-order valence-electron chi connectivity index (χ1n) is 8.95. The molecule has 1 aliphatic rings. The number of rotatable bonds is 6. The lowest BCUT2D eigenvalue weighted by molar-refractivity contribution is 0.113. The summed E-state index contributed by atoms with van der Waals surface area (Å²) in [5.41, 5.74) is 0.197. The van der Waals surface area contributed by atoms with Gasteiger partial charge in [0.25, 0.3) is 0 Å². The Labute approximate surface area is 156 Å². The fourth-order valence-corrected chi connectivity index (χ4v) is 2.79. The van der Waals surface area contributed by atoms with E-state index >= 15 is 0 Å². The van der Waals surface area contributed by atoms with Gasteiger partial charge in [-0.2, -0.15) is 0 Å². The highest BCUT2D eigenvalue weighted by atomic mass is 19.1. The van der Waals surface area contributed by atoms with Gasteiger partial charge in [0.05, 0.1) is 19.2 Å². The van der Waals surface area contributed by atoms with Crippen molar-refractivity contribution >= 4 is 5.96 Å². The van der Waals surface area contributed by atoms with Crippen LogP contribution in [0.5, 0.6) is 0 Å². The lowest BCUT2D eigenvalue weighted by atomic mass is 10.2. The maximum absolute atomic E-state index is 13.8. The monoisotopic (exact) mass is 378 g/mol. The van der Waals surface area contributed by atoms with Crippen LogP contribution in [-0.2, 0) is 24.9 Å². The second-order valence-corrected chi connectivity index (χ2v) is 6.49. The van der Waals surface area contributed by atoms with E-state index in [1.165, 1.54) is 0 Å². The van der Waals surface area contributed by atoms with Crippen LogP contribution in [-0.4, -0.2) is 40.0 Å². The normalized spacial score (nSPS) is 17.3. The molecule has 2 heterocycles. The van der Waals surface area contributed by atoms with Crippen molar-refractivity contribution in [3.63, 3.8) is 0 Å². The molecule has 1 fully saturated rings. The van der Waals surface area contributed by atoms with Crippen LogP contribution >= 0.6 is 0 Å². The topological polar surface area (TPSA) is 76.4 Å². The Morgan fingerprint density at radius 2 is 2.19 bits per heavy atom. The molecule has 3 rings (SSSR count). The molecule has 27 heavy (non-hydrogen) atoms. The minimum atomic E-state index is -0.488. The fraction of sp³-hybridized carbons (Fsp3) is 0.500. The number of aromatic nitrogens is 3. The lowest BCUT2D eigenvalue weighted by Gasteiger charge is -2.15. The zero-order chi connectivity index (χ0) is 19.2. The van der Waals surface area contributed by atoms with Gasteiger partial charge in [0.1, 0.15) is 17.5 Å². The van der Waals surface area contributed by atoms with E-state index in [2.05, 4.69) is 25.8 Å². The summed E-state index contributed by atoms with van der Waals surface area (Å²) < 4.78 is 34.7. The number of aryl methyl sites for hydroxylation is 1. The van der Waals surface area contributed by atoms with Crippen LogP contribution in [0.2, 0.25) is 0 Å². The number of hydrogen-bond acceptors (Lipinski definition) is 4. The second kappa shape index (κ2) is 8.90. The number of halogens is 2. The molecule has 1 saturated heterocycles. The van der Waals surface area contributed by atoms with Crippen LogP contribution in [0, 0.1) is 18.6 Å². The molecule has 9 heteroatoms. The van der Waals surface area contributed by atoms with Crippen LogP contribution < -0.4 is 10.6 Å². The second-order valence-electron chi connectivity index (χ2n) is 6.49. The molecule has 146 valence electrons. The van der Waals surface area contributed by atoms with E-state index in [9.17, 15) is 8.78 Å². The Balaban J connectivity index is 1.67. The molecule has 2 aromatic rings. The van der Waals surface area contributed by atoms with Crippen molar-refractivity contribution in [3.8, 4) is 0 Å². The van der Waals surface area contributed by atoms with Gasteiger partial charge in [-0.05, 0) is 38.0 Å². The van der Waals surface area contributed by atoms with Gasteiger partial charge in [-0.3, -0.25) is 0 Å². The number of aliphatic imine (C=N–C) groups is 1. The highest BCUT2D eigenvalue weighted by Crippen LogP contribution is 2.12. The number of ether oxygens (including phenoxy) is 1. The van der Waals surface area contributed by atoms with Gasteiger partial charge < -0.3 is 19.9 Å². The van der Waals surface area contributed by atoms with Gasteiger partial charge in [-0.15, -0.1) is 10.2 Å². The van der Waals surface area contributed by atoms with E-state index in [4.69, 9.17) is 4.74 Å². The van der Waals surface area contributed by atoms with Crippen molar-refractivity contribution in [2.45, 2.75) is 39.0 Å². The molecule has 1 atom stereocenters. The summed E-state index contributed by atoms with van der Waals surface area (Å²) in [4.78, 5) is 4.38. The first kappa shape index (κ1) is 19.2. The summed E-state index contributed by atoms with van der Waals surface area (Å²) >= 11 is 0. The quantitative estimate of drug-likeness (QED) is 0.592. The van der Waals surface area contributed by atoms with Crippen LogP contribution in [0.25, 0.3) is 0 Å². The molecule has 1 aromatic heterocycles. The van der Waals surface area contributed by atoms with Crippen molar-refractivity contribution in [2.75, 3.05) is 13.2 Å². The summed E-state index contributed by atoms with van der Waals surface area (Å²) in [6.45, 7) is 3.64. The number of hydrogen-bond donors (Lipinski definition) is 2. The minimum Gasteiger partial charge on any atom is -0.376 e. The Kier molecular flexibility index (Phi) is 6.33. The van der Waals surface area contributed by atoms with Gasteiger partial charge in [0.15, 0.2) is 11.8 Å². The van der Waals surface area contributed by atoms with E-state index in [0.29, 0.717) is 19.0 Å². The third kappa shape index (κ3) is 5.22. The van der Waals surface area contributed by atoms with Crippen LogP contribution in [0.3, 0.4) is 0 Å². The third-order valence-electron chi connectivity index (χ3n) is 4.53. The highest BCUT2D eigenvalue weighted by Gasteiger charge is 2.16. The molecule has 0 aliphatic carbocycles. The van der Waals surface area contributed by atoms with Gasteiger partial charge in [-0.25, -0.2) is 13.8 Å². The summed E-state index contributed by atoms with van der Waals surface area (Å²) in [6.07, 6.45) is 2.15. The average Bonchev–Trinajstić information content (AvgIpc) is 3.28. The molecule has 0 amide bonds. The zero-order valence-corrected chi connectivity index (χ0v) is 15.5. The van der Waals surface area contributed by atoms with E-state index < -0.39 is 11.6 Å². The smallest absolute Gasteiger partial charge is 0.192 e. The van der Waals surface area contributed by atoms with E-state index in [1.54, 1.807) is 0 Å². The average molecular weight is 378 g/mol. The van der Waals surface area contributed by atoms with Crippen molar-refractivity contribution in [1.29, 1.82) is 0 Å². The molecule has 0 radical (unpaired) electrons. The third-order valence-corrected chi connectivity index (χ3v) is 4.53. The maximum Gasteiger partial charge on any atom is 0.192 e. The van der Waals surface area contributed by atoms with Gasteiger partial charge in [-0.1, -0.05) is 0 Å². The Hall–Kier alpha value is -2.55. The number of guanidine groups is 1. The van der Waals surface area contributed by atoms with Crippen molar-refractivity contribution in [2.24, 2.45) is 12.0 Å². The van der Waals surface area contributed by atoms with E-state index in [1.807, 2.05) is 18.5 Å². The first-order valence-corrected chi connectivity index (χ1v) is 8.95. The fourth-order valence-electron chi connectivity index (χ4n) is 2.79. The van der Waals surface area contributed by atoms with Crippen molar-refractivity contribution in [1.82, 2.24) is 25.4 Å². The molecule has 7 nitrogen and oxygen atoms in total. The summed E-state index contributed by atoms with van der Waals surface area (Å²) in [5.74, 6) is 1.06. The predicted molar refractivity (Wildman–Crippen MR) is 97.1 cm³/mol. The number of nitrogens with zero attached hydrogens (tertiary/aromatic N) is 4. The minimum absolute atomic E-state index is 0.0162. The summed E-state index contributed by atoms with van der Waals surface area (Å²) in [5, 5.41) is 14.5. The molecule has 0 spiro atoms. The Bertz CT molecular complexity index is 801. The summed E-state index contributed by atoms with van der Waals surface area (Å²) in [6, 6.07) is 3.35. The van der Waals surface area contributed by atoms with Gasteiger partial charge in [0, 0.05) is 25.8 Å². The maximum atomic E-state index is 13.8. The predicted octanol–water partition coefficient (Wildman–Crippen LogP) is 1.82. The van der Waals surface area contributed by atoms with Crippen LogP contribution in [0.4, 0.5) is 8.78 Å². The summed E-state index contributed by atoms with van der Waals surface area (Å²) in [7, 11) is 1.88. The Morgan fingerprint density at radius 1 is 1.33 bits per heavy atom. The number of benzene rings is 1. The van der Waals surface area contributed by atoms with Crippen molar-refractivity contribution < 1.29 is 13.5 Å². The largest absolute Gasteiger partial charge is 0.376 e. The molecule has 1 aromatic carbocycles.